The number of hydrogen-bond acceptors (Lipinski definition) is 7. The number of hydrogen-bond donors (Lipinski definition) is 2. The quantitative estimate of drug-likeness (QED) is 0.381. The molecule has 8 heteroatoms. The Morgan fingerprint density at radius 1 is 1.14 bits per heavy atom. The molecule has 0 spiro atoms. The fourth-order valence-electron chi connectivity index (χ4n) is 5.23. The number of carbonyl (C=O) groups excluding carboxylic acids is 1. The fourth-order valence-corrected chi connectivity index (χ4v) is 5.53. The van der Waals surface area contributed by atoms with Crippen molar-refractivity contribution in [3.05, 3.63) is 81.4 Å². The van der Waals surface area contributed by atoms with Gasteiger partial charge in [0.1, 0.15) is 6.04 Å². The normalized spacial score (nSPS) is 17.4. The Morgan fingerprint density at radius 2 is 1.89 bits per heavy atom. The fraction of sp³-hybridized carbons (Fsp3) is 0.321. The number of nitrogens with zero attached hydrogens (tertiary/aromatic N) is 1. The van der Waals surface area contributed by atoms with E-state index >= 15 is 0 Å². The minimum absolute atomic E-state index is 0.0350. The molecule has 2 aliphatic rings. The van der Waals surface area contributed by atoms with Crippen molar-refractivity contribution in [3.8, 4) is 23.0 Å². The van der Waals surface area contributed by atoms with Crippen molar-refractivity contribution in [2.75, 3.05) is 20.8 Å². The Balaban J connectivity index is 1.46. The van der Waals surface area contributed by atoms with Crippen LogP contribution in [-0.4, -0.2) is 42.8 Å². The maximum Gasteiger partial charge on any atom is 0.328 e. The molecule has 0 saturated heterocycles. The van der Waals surface area contributed by atoms with Gasteiger partial charge in [-0.1, -0.05) is 41.9 Å². The second kappa shape index (κ2) is 10.0. The van der Waals surface area contributed by atoms with Gasteiger partial charge in [-0.3, -0.25) is 4.90 Å². The zero-order chi connectivity index (χ0) is 25.4. The number of carbonyl (C=O) groups is 1. The Hall–Kier alpha value is -3.26. The van der Waals surface area contributed by atoms with Crippen molar-refractivity contribution in [2.24, 2.45) is 5.73 Å². The van der Waals surface area contributed by atoms with E-state index in [1.54, 1.807) is 19.2 Å². The highest BCUT2D eigenvalue weighted by Gasteiger charge is 2.37. The van der Waals surface area contributed by atoms with Gasteiger partial charge in [0, 0.05) is 35.8 Å². The summed E-state index contributed by atoms with van der Waals surface area (Å²) < 4.78 is 16.7. The van der Waals surface area contributed by atoms with E-state index in [1.165, 1.54) is 7.11 Å². The molecule has 2 heterocycles. The standard InChI is InChI=1S/C28H29ClN2O5/c1-34-25-11-17-8-9-31-15-20-19(12-23(31)18(17)13-24(25)32)21(29)14-26(35-2)27(20)36-28(33)22(30)10-16-6-4-3-5-7-16/h3-7,11,13-14,22-23,32H,8-10,12,15,30H2,1-2H3/t22-,23?/m0/s1. The minimum atomic E-state index is -0.820. The van der Waals surface area contributed by atoms with Crippen molar-refractivity contribution in [1.82, 2.24) is 4.90 Å². The molecule has 3 aromatic carbocycles. The smallest absolute Gasteiger partial charge is 0.328 e. The van der Waals surface area contributed by atoms with Gasteiger partial charge in [-0.25, -0.2) is 4.79 Å². The summed E-state index contributed by atoms with van der Waals surface area (Å²) in [5, 5.41) is 11.0. The Kier molecular flexibility index (Phi) is 6.79. The van der Waals surface area contributed by atoms with Crippen molar-refractivity contribution >= 4 is 17.6 Å². The first-order valence-corrected chi connectivity index (χ1v) is 12.3. The van der Waals surface area contributed by atoms with E-state index in [9.17, 15) is 9.90 Å². The predicted octanol–water partition coefficient (Wildman–Crippen LogP) is 4.19. The highest BCUT2D eigenvalue weighted by atomic mass is 35.5. The number of rotatable bonds is 6. The van der Waals surface area contributed by atoms with Crippen LogP contribution in [0.2, 0.25) is 5.02 Å². The van der Waals surface area contributed by atoms with Gasteiger partial charge in [0.2, 0.25) is 0 Å². The summed E-state index contributed by atoms with van der Waals surface area (Å²) in [6.07, 6.45) is 1.79. The molecule has 3 N–H and O–H groups in total. The number of ether oxygens (including phenoxy) is 3. The molecule has 7 nitrogen and oxygen atoms in total. The summed E-state index contributed by atoms with van der Waals surface area (Å²) in [5.41, 5.74) is 11.1. The van der Waals surface area contributed by atoms with Crippen LogP contribution in [0.4, 0.5) is 0 Å². The van der Waals surface area contributed by atoms with Crippen molar-refractivity contribution in [2.45, 2.75) is 37.9 Å². The van der Waals surface area contributed by atoms with E-state index in [0.717, 1.165) is 40.8 Å². The molecule has 0 aliphatic carbocycles. The third kappa shape index (κ3) is 4.50. The van der Waals surface area contributed by atoms with Crippen molar-refractivity contribution in [3.63, 3.8) is 0 Å². The first-order chi connectivity index (χ1) is 17.4. The van der Waals surface area contributed by atoms with Crippen LogP contribution in [0.3, 0.4) is 0 Å². The van der Waals surface area contributed by atoms with Gasteiger partial charge in [0.15, 0.2) is 23.0 Å². The van der Waals surface area contributed by atoms with Crippen LogP contribution in [-0.2, 0) is 30.6 Å². The molecule has 36 heavy (non-hydrogen) atoms. The second-order valence-corrected chi connectivity index (χ2v) is 9.63. The Labute approximate surface area is 215 Å². The molecule has 1 unspecified atom stereocenters. The topological polar surface area (TPSA) is 94.2 Å². The zero-order valence-corrected chi connectivity index (χ0v) is 21.0. The zero-order valence-electron chi connectivity index (χ0n) is 20.3. The van der Waals surface area contributed by atoms with Crippen molar-refractivity contribution in [1.29, 1.82) is 0 Å². The van der Waals surface area contributed by atoms with E-state index in [2.05, 4.69) is 4.90 Å². The molecule has 2 atom stereocenters. The molecule has 0 aromatic heterocycles. The highest BCUT2D eigenvalue weighted by molar-refractivity contribution is 6.31. The van der Waals surface area contributed by atoms with Crippen molar-refractivity contribution < 1.29 is 24.1 Å². The molecule has 0 saturated carbocycles. The van der Waals surface area contributed by atoms with Gasteiger partial charge >= 0.3 is 5.97 Å². The van der Waals surface area contributed by atoms with Gasteiger partial charge < -0.3 is 25.1 Å². The van der Waals surface area contributed by atoms with Crippen LogP contribution >= 0.6 is 11.6 Å². The lowest BCUT2D eigenvalue weighted by Gasteiger charge is -2.42. The van der Waals surface area contributed by atoms with Gasteiger partial charge in [-0.15, -0.1) is 0 Å². The van der Waals surface area contributed by atoms with E-state index in [0.29, 0.717) is 41.7 Å². The summed E-state index contributed by atoms with van der Waals surface area (Å²) in [5.74, 6) is 0.836. The molecule has 2 aliphatic heterocycles. The number of nitrogens with two attached hydrogens (primary N) is 1. The number of methoxy groups -OCH3 is 2. The lowest BCUT2D eigenvalue weighted by molar-refractivity contribution is -0.136. The third-order valence-electron chi connectivity index (χ3n) is 7.10. The first kappa shape index (κ1) is 24.4. The van der Waals surface area contributed by atoms with Gasteiger partial charge in [0.25, 0.3) is 0 Å². The average molecular weight is 509 g/mol. The number of esters is 1. The largest absolute Gasteiger partial charge is 0.504 e. The van der Waals surface area contributed by atoms with E-state index in [-0.39, 0.29) is 11.8 Å². The van der Waals surface area contributed by atoms with Crippen LogP contribution in [0.5, 0.6) is 23.0 Å². The molecular weight excluding hydrogens is 480 g/mol. The number of phenolic OH excluding ortho intramolecular Hbond substituents is 1. The summed E-state index contributed by atoms with van der Waals surface area (Å²) in [7, 11) is 3.08. The lowest BCUT2D eigenvalue weighted by Crippen LogP contribution is -2.40. The number of halogens is 1. The van der Waals surface area contributed by atoms with Gasteiger partial charge in [0.05, 0.1) is 14.2 Å². The number of fused-ring (bicyclic) bond motifs is 4. The molecule has 0 bridgehead atoms. The minimum Gasteiger partial charge on any atom is -0.504 e. The van der Waals surface area contributed by atoms with Crippen LogP contribution < -0.4 is 19.9 Å². The number of benzene rings is 3. The molecule has 0 radical (unpaired) electrons. The Morgan fingerprint density at radius 3 is 2.61 bits per heavy atom. The average Bonchev–Trinajstić information content (AvgIpc) is 2.89. The number of aromatic hydroxyl groups is 1. The number of phenols is 1. The van der Waals surface area contributed by atoms with E-state index in [4.69, 9.17) is 31.5 Å². The van der Waals surface area contributed by atoms with Crippen LogP contribution in [0.25, 0.3) is 0 Å². The Bertz CT molecular complexity index is 1300. The molecule has 188 valence electrons. The highest BCUT2D eigenvalue weighted by Crippen LogP contribution is 2.48. The van der Waals surface area contributed by atoms with Gasteiger partial charge in [-0.2, -0.15) is 0 Å². The summed E-state index contributed by atoms with van der Waals surface area (Å²) in [6.45, 7) is 1.33. The molecule has 0 fully saturated rings. The van der Waals surface area contributed by atoms with Gasteiger partial charge in [-0.05, 0) is 53.6 Å². The van der Waals surface area contributed by atoms with Crippen LogP contribution in [0, 0.1) is 0 Å². The summed E-state index contributed by atoms with van der Waals surface area (Å²) in [6, 6.07) is 14.2. The summed E-state index contributed by atoms with van der Waals surface area (Å²) >= 11 is 6.71. The van der Waals surface area contributed by atoms with Crippen LogP contribution in [0.1, 0.15) is 33.9 Å². The third-order valence-corrected chi connectivity index (χ3v) is 7.44. The molecule has 3 aromatic rings. The maximum atomic E-state index is 13.0. The monoisotopic (exact) mass is 508 g/mol. The maximum absolute atomic E-state index is 13.0. The van der Waals surface area contributed by atoms with E-state index < -0.39 is 12.0 Å². The molecule has 0 amide bonds. The summed E-state index contributed by atoms with van der Waals surface area (Å²) in [4.78, 5) is 15.3. The predicted molar refractivity (Wildman–Crippen MR) is 137 cm³/mol. The SMILES string of the molecule is COc1cc2c(cc1O)C1Cc3c(Cl)cc(OC)c(OC(=O)[C@@H](N)Cc4ccccc4)c3CN1CC2. The van der Waals surface area contributed by atoms with Crippen LogP contribution in [0.15, 0.2) is 48.5 Å². The van der Waals surface area contributed by atoms with E-state index in [1.807, 2.05) is 36.4 Å². The lowest BCUT2D eigenvalue weighted by atomic mass is 9.83. The first-order valence-electron chi connectivity index (χ1n) is 11.9. The molecule has 5 rings (SSSR count). The second-order valence-electron chi connectivity index (χ2n) is 9.23. The molecular formula is C28H29ClN2O5.